The summed E-state index contributed by atoms with van der Waals surface area (Å²) in [5.74, 6) is 0. The lowest BCUT2D eigenvalue weighted by atomic mass is 9.99. The first-order valence-corrected chi connectivity index (χ1v) is 7.28. The van der Waals surface area contributed by atoms with E-state index in [0.29, 0.717) is 13.2 Å². The first-order chi connectivity index (χ1) is 8.58. The minimum atomic E-state index is -3.52. The molecule has 2 heterocycles. The van der Waals surface area contributed by atoms with Crippen molar-refractivity contribution in [3.8, 4) is 0 Å². The van der Waals surface area contributed by atoms with Gasteiger partial charge in [0.2, 0.25) is 0 Å². The van der Waals surface area contributed by atoms with Gasteiger partial charge >= 0.3 is 0 Å². The summed E-state index contributed by atoms with van der Waals surface area (Å²) in [6.45, 7) is 1.68. The van der Waals surface area contributed by atoms with Crippen LogP contribution in [-0.2, 0) is 14.8 Å². The largest absolute Gasteiger partial charge is 0.383 e. The number of halogens is 1. The van der Waals surface area contributed by atoms with E-state index in [9.17, 15) is 8.42 Å². The Balaban J connectivity index is 0.00000180. The highest BCUT2D eigenvalue weighted by atomic mass is 35.5. The van der Waals surface area contributed by atoms with Crippen LogP contribution in [0.4, 0.5) is 0 Å². The lowest BCUT2D eigenvalue weighted by Gasteiger charge is -2.28. The van der Waals surface area contributed by atoms with E-state index in [2.05, 4.69) is 20.0 Å². The van der Waals surface area contributed by atoms with Gasteiger partial charge in [0.1, 0.15) is 0 Å². The van der Waals surface area contributed by atoms with Crippen molar-refractivity contribution in [3.63, 3.8) is 0 Å². The second kappa shape index (κ2) is 6.67. The average Bonchev–Trinajstić information content (AvgIpc) is 2.99. The number of ether oxygens (including phenoxy) is 1. The van der Waals surface area contributed by atoms with Crippen molar-refractivity contribution in [2.75, 3.05) is 26.8 Å². The van der Waals surface area contributed by atoms with E-state index in [4.69, 9.17) is 4.74 Å². The Hall–Kier alpha value is -0.670. The number of nitrogens with zero attached hydrogens (tertiary/aromatic N) is 1. The SMILES string of the molecule is COCC1(CNS(=O)(=O)c2cnc[nH]2)CCCN1.Cl. The molecule has 1 fully saturated rings. The molecule has 3 N–H and O–H groups in total. The summed E-state index contributed by atoms with van der Waals surface area (Å²) in [5.41, 5.74) is -0.304. The van der Waals surface area contributed by atoms with Gasteiger partial charge in [0, 0.05) is 13.7 Å². The van der Waals surface area contributed by atoms with Crippen LogP contribution < -0.4 is 10.0 Å². The van der Waals surface area contributed by atoms with Crippen LogP contribution in [0.25, 0.3) is 0 Å². The molecule has 0 radical (unpaired) electrons. The van der Waals surface area contributed by atoms with Crippen LogP contribution in [-0.4, -0.2) is 50.7 Å². The third-order valence-electron chi connectivity index (χ3n) is 3.12. The molecular weight excluding hydrogens is 292 g/mol. The maximum absolute atomic E-state index is 11.9. The zero-order valence-corrected chi connectivity index (χ0v) is 12.3. The van der Waals surface area contributed by atoms with Gasteiger partial charge < -0.3 is 15.0 Å². The molecule has 19 heavy (non-hydrogen) atoms. The Bertz CT molecular complexity index is 471. The summed E-state index contributed by atoms with van der Waals surface area (Å²) in [7, 11) is -1.91. The highest BCUT2D eigenvalue weighted by molar-refractivity contribution is 7.89. The molecule has 9 heteroatoms. The molecule has 2 rings (SSSR count). The predicted molar refractivity (Wildman–Crippen MR) is 72.9 cm³/mol. The van der Waals surface area contributed by atoms with Crippen LogP contribution in [0.5, 0.6) is 0 Å². The average molecular weight is 311 g/mol. The van der Waals surface area contributed by atoms with E-state index < -0.39 is 10.0 Å². The van der Waals surface area contributed by atoms with E-state index in [-0.39, 0.29) is 23.0 Å². The fourth-order valence-electron chi connectivity index (χ4n) is 2.17. The van der Waals surface area contributed by atoms with Crippen LogP contribution in [0.15, 0.2) is 17.6 Å². The van der Waals surface area contributed by atoms with Gasteiger partial charge in [0.25, 0.3) is 10.0 Å². The molecular formula is C10H19ClN4O3S. The summed E-state index contributed by atoms with van der Waals surface area (Å²) in [6.07, 6.45) is 4.54. The number of hydrogen-bond donors (Lipinski definition) is 3. The van der Waals surface area contributed by atoms with E-state index in [1.165, 1.54) is 12.5 Å². The molecule has 0 bridgehead atoms. The molecule has 0 spiro atoms. The number of aromatic amines is 1. The molecule has 1 unspecified atom stereocenters. The standard InChI is InChI=1S/C10H18N4O3S.ClH/c1-17-7-10(3-2-4-13-10)6-14-18(15,16)9-5-11-8-12-9;/h5,8,13-14H,2-4,6-7H2,1H3,(H,11,12);1H. The number of hydrogen-bond acceptors (Lipinski definition) is 5. The molecule has 1 aromatic rings. The highest BCUT2D eigenvalue weighted by Crippen LogP contribution is 2.19. The second-order valence-corrected chi connectivity index (χ2v) is 6.22. The molecule has 0 amide bonds. The minimum Gasteiger partial charge on any atom is -0.383 e. The summed E-state index contributed by atoms with van der Waals surface area (Å²) in [5, 5.41) is 3.39. The summed E-state index contributed by atoms with van der Waals surface area (Å²) in [6, 6.07) is 0. The second-order valence-electron chi connectivity index (χ2n) is 4.48. The fourth-order valence-corrected chi connectivity index (χ4v) is 3.20. The Labute approximate surface area is 119 Å². The van der Waals surface area contributed by atoms with E-state index in [0.717, 1.165) is 19.4 Å². The molecule has 1 aromatic heterocycles. The monoisotopic (exact) mass is 310 g/mol. The van der Waals surface area contributed by atoms with Crippen molar-refractivity contribution in [3.05, 3.63) is 12.5 Å². The molecule has 110 valence electrons. The van der Waals surface area contributed by atoms with Crippen LogP contribution >= 0.6 is 12.4 Å². The highest BCUT2D eigenvalue weighted by Gasteiger charge is 2.34. The Morgan fingerprint density at radius 1 is 1.58 bits per heavy atom. The number of H-pyrrole nitrogens is 1. The smallest absolute Gasteiger partial charge is 0.257 e. The molecule has 7 nitrogen and oxygen atoms in total. The minimum absolute atomic E-state index is 0. The Morgan fingerprint density at radius 3 is 2.89 bits per heavy atom. The molecule has 1 aliphatic rings. The fraction of sp³-hybridized carbons (Fsp3) is 0.700. The van der Waals surface area contributed by atoms with Gasteiger partial charge in [-0.15, -0.1) is 12.4 Å². The summed E-state index contributed by atoms with van der Waals surface area (Å²) in [4.78, 5) is 6.29. The Kier molecular flexibility index (Phi) is 5.75. The van der Waals surface area contributed by atoms with Crippen LogP contribution in [0.2, 0.25) is 0 Å². The molecule has 0 aliphatic carbocycles. The summed E-state index contributed by atoms with van der Waals surface area (Å²) >= 11 is 0. The third kappa shape index (κ3) is 3.90. The van der Waals surface area contributed by atoms with Crippen LogP contribution in [0.3, 0.4) is 0 Å². The first-order valence-electron chi connectivity index (χ1n) is 5.80. The van der Waals surface area contributed by atoms with Crippen molar-refractivity contribution < 1.29 is 13.2 Å². The van der Waals surface area contributed by atoms with Gasteiger partial charge in [-0.25, -0.2) is 18.1 Å². The first kappa shape index (κ1) is 16.4. The van der Waals surface area contributed by atoms with Gasteiger partial charge in [-0.2, -0.15) is 0 Å². The molecule has 0 aromatic carbocycles. The van der Waals surface area contributed by atoms with E-state index >= 15 is 0 Å². The topological polar surface area (TPSA) is 96.1 Å². The number of imidazole rings is 1. The third-order valence-corrected chi connectivity index (χ3v) is 4.44. The van der Waals surface area contributed by atoms with E-state index in [1.54, 1.807) is 7.11 Å². The number of aromatic nitrogens is 2. The van der Waals surface area contributed by atoms with Crippen LogP contribution in [0, 0.1) is 0 Å². The quantitative estimate of drug-likeness (QED) is 0.681. The summed E-state index contributed by atoms with van der Waals surface area (Å²) < 4.78 is 31.6. The van der Waals surface area contributed by atoms with E-state index in [1.807, 2.05) is 0 Å². The molecule has 1 atom stereocenters. The van der Waals surface area contributed by atoms with Crippen molar-refractivity contribution >= 4 is 22.4 Å². The predicted octanol–water partition coefficient (Wildman–Crippen LogP) is -0.122. The molecule has 0 saturated carbocycles. The maximum Gasteiger partial charge on any atom is 0.257 e. The Morgan fingerprint density at radius 2 is 2.37 bits per heavy atom. The van der Waals surface area contributed by atoms with Gasteiger partial charge in [-0.05, 0) is 19.4 Å². The number of methoxy groups -OCH3 is 1. The molecule has 1 saturated heterocycles. The molecule has 1 aliphatic heterocycles. The van der Waals surface area contributed by atoms with Gasteiger partial charge in [-0.1, -0.05) is 0 Å². The number of sulfonamides is 1. The van der Waals surface area contributed by atoms with Gasteiger partial charge in [0.05, 0.1) is 24.7 Å². The zero-order valence-electron chi connectivity index (χ0n) is 10.7. The van der Waals surface area contributed by atoms with Gasteiger partial charge in [-0.3, -0.25) is 0 Å². The lowest BCUT2D eigenvalue weighted by molar-refractivity contribution is 0.122. The van der Waals surface area contributed by atoms with Crippen molar-refractivity contribution in [1.82, 2.24) is 20.0 Å². The maximum atomic E-state index is 11.9. The normalized spacial score (nSPS) is 23.2. The van der Waals surface area contributed by atoms with Crippen LogP contribution in [0.1, 0.15) is 12.8 Å². The number of nitrogens with one attached hydrogen (secondary N) is 3. The zero-order chi connectivity index (χ0) is 13.1. The van der Waals surface area contributed by atoms with Gasteiger partial charge in [0.15, 0.2) is 5.03 Å². The van der Waals surface area contributed by atoms with Crippen molar-refractivity contribution in [2.45, 2.75) is 23.4 Å². The number of rotatable bonds is 6. The van der Waals surface area contributed by atoms with Crippen molar-refractivity contribution in [2.24, 2.45) is 0 Å². The lowest BCUT2D eigenvalue weighted by Crippen LogP contribution is -2.52. The van der Waals surface area contributed by atoms with Crippen molar-refractivity contribution in [1.29, 1.82) is 0 Å².